The molecule has 1 heterocycles. The van der Waals surface area contributed by atoms with E-state index in [0.717, 1.165) is 30.1 Å². The lowest BCUT2D eigenvalue weighted by Gasteiger charge is -2.11. The summed E-state index contributed by atoms with van der Waals surface area (Å²) in [6.07, 6.45) is 2.12. The molecular weight excluding hydrogens is 284 g/mol. The van der Waals surface area contributed by atoms with Gasteiger partial charge in [-0.25, -0.2) is 4.79 Å². The number of nitrogens with zero attached hydrogens (tertiary/aromatic N) is 2. The van der Waals surface area contributed by atoms with Gasteiger partial charge >= 0.3 is 6.03 Å². The van der Waals surface area contributed by atoms with Crippen molar-refractivity contribution in [2.75, 3.05) is 25.2 Å². The number of rotatable bonds is 6. The van der Waals surface area contributed by atoms with Crippen LogP contribution in [0.25, 0.3) is 0 Å². The van der Waals surface area contributed by atoms with E-state index in [9.17, 15) is 9.59 Å². The monoisotopic (exact) mass is 302 g/mol. The van der Waals surface area contributed by atoms with E-state index in [1.54, 1.807) is 14.1 Å². The highest BCUT2D eigenvalue weighted by atomic mass is 32.2. The summed E-state index contributed by atoms with van der Waals surface area (Å²) in [6, 6.07) is -0.309. The second-order valence-corrected chi connectivity index (χ2v) is 5.94. The van der Waals surface area contributed by atoms with E-state index in [1.165, 1.54) is 16.7 Å². The Morgan fingerprint density at radius 1 is 1.47 bits per heavy atom. The van der Waals surface area contributed by atoms with E-state index < -0.39 is 5.91 Å². The minimum atomic E-state index is -0.568. The maximum absolute atomic E-state index is 11.6. The zero-order chi connectivity index (χ0) is 14.4. The fourth-order valence-electron chi connectivity index (χ4n) is 1.20. The topological polar surface area (TPSA) is 88.3 Å². The molecule has 0 spiro atoms. The summed E-state index contributed by atoms with van der Waals surface area (Å²) in [5.74, 6) is 0.309. The fraction of sp³-hybridized carbons (Fsp3) is 0.545. The number of anilines is 1. The predicted molar refractivity (Wildman–Crippen MR) is 79.0 cm³/mol. The molecular formula is C11H18N4O2S2. The van der Waals surface area contributed by atoms with Gasteiger partial charge in [0.25, 0.3) is 5.91 Å². The van der Waals surface area contributed by atoms with Gasteiger partial charge in [0.05, 0.1) is 0 Å². The van der Waals surface area contributed by atoms with Gasteiger partial charge < -0.3 is 10.6 Å². The third-order valence-corrected chi connectivity index (χ3v) is 4.21. The van der Waals surface area contributed by atoms with Gasteiger partial charge in [0, 0.05) is 14.1 Å². The summed E-state index contributed by atoms with van der Waals surface area (Å²) in [4.78, 5) is 24.5. The first-order valence-electron chi connectivity index (χ1n) is 5.88. The average Bonchev–Trinajstić information content (AvgIpc) is 2.72. The minimum Gasteiger partial charge on any atom is -0.365 e. The summed E-state index contributed by atoms with van der Waals surface area (Å²) in [7, 11) is 3.24. The highest BCUT2D eigenvalue weighted by Gasteiger charge is 2.21. The van der Waals surface area contributed by atoms with Crippen LogP contribution in [0.15, 0.2) is 5.03 Å². The second kappa shape index (κ2) is 7.34. The van der Waals surface area contributed by atoms with Crippen LogP contribution in [0, 0.1) is 0 Å². The number of hydrogen-bond acceptors (Lipinski definition) is 5. The van der Waals surface area contributed by atoms with Gasteiger partial charge in [-0.2, -0.15) is 4.37 Å². The van der Waals surface area contributed by atoms with E-state index in [-0.39, 0.29) is 6.03 Å². The zero-order valence-corrected chi connectivity index (χ0v) is 12.9. The molecule has 0 bridgehead atoms. The van der Waals surface area contributed by atoms with Crippen LogP contribution < -0.4 is 11.1 Å². The lowest BCUT2D eigenvalue weighted by molar-refractivity contribution is 0.0998. The van der Waals surface area contributed by atoms with Crippen LogP contribution in [0.5, 0.6) is 0 Å². The molecule has 3 amide bonds. The van der Waals surface area contributed by atoms with Crippen LogP contribution in [0.2, 0.25) is 0 Å². The largest absolute Gasteiger partial charge is 0.365 e. The molecule has 0 atom stereocenters. The van der Waals surface area contributed by atoms with Crippen molar-refractivity contribution >= 4 is 40.2 Å². The van der Waals surface area contributed by atoms with Crippen LogP contribution in [-0.2, 0) is 0 Å². The first kappa shape index (κ1) is 15.8. The lowest BCUT2D eigenvalue weighted by Crippen LogP contribution is -2.28. The summed E-state index contributed by atoms with van der Waals surface area (Å²) in [5, 5.41) is 3.64. The normalized spacial score (nSPS) is 10.3. The molecule has 1 rings (SSSR count). The highest BCUT2D eigenvalue weighted by Crippen LogP contribution is 2.32. The minimum absolute atomic E-state index is 0.307. The van der Waals surface area contributed by atoms with Gasteiger partial charge in [-0.15, -0.1) is 11.8 Å². The smallest absolute Gasteiger partial charge is 0.321 e. The fourth-order valence-corrected chi connectivity index (χ4v) is 3.25. The molecule has 0 saturated heterocycles. The number of thioether (sulfide) groups is 1. The number of primary amides is 1. The Hall–Kier alpha value is -1.28. The maximum atomic E-state index is 11.6. The lowest BCUT2D eigenvalue weighted by atomic mass is 10.3. The third-order valence-electron chi connectivity index (χ3n) is 2.27. The van der Waals surface area contributed by atoms with Gasteiger partial charge in [-0.1, -0.05) is 13.3 Å². The van der Waals surface area contributed by atoms with Gasteiger partial charge in [0.15, 0.2) is 0 Å². The third kappa shape index (κ3) is 4.39. The standard InChI is InChI=1S/C11H18N4O2S2/c1-4-5-6-18-10-7(8(12)16)9(19-14-10)13-11(17)15(2)3/h4-6H2,1-3H3,(H2,12,16)(H,13,17). The van der Waals surface area contributed by atoms with Crippen molar-refractivity contribution < 1.29 is 9.59 Å². The number of carbonyl (C=O) groups excluding carboxylic acids is 2. The summed E-state index contributed by atoms with van der Waals surface area (Å²) in [5.41, 5.74) is 5.67. The summed E-state index contributed by atoms with van der Waals surface area (Å²) in [6.45, 7) is 2.10. The van der Waals surface area contributed by atoms with Crippen LogP contribution in [0.3, 0.4) is 0 Å². The van der Waals surface area contributed by atoms with Crippen LogP contribution >= 0.6 is 23.3 Å². The predicted octanol–water partition coefficient (Wildman–Crippen LogP) is 2.23. The van der Waals surface area contributed by atoms with Gasteiger partial charge in [0.1, 0.15) is 15.6 Å². The Morgan fingerprint density at radius 3 is 2.68 bits per heavy atom. The number of amides is 3. The number of unbranched alkanes of at least 4 members (excludes halogenated alkanes) is 1. The van der Waals surface area contributed by atoms with Gasteiger partial charge in [-0.3, -0.25) is 10.1 Å². The molecule has 0 aliphatic heterocycles. The van der Waals surface area contributed by atoms with Crippen molar-refractivity contribution in [1.82, 2.24) is 9.27 Å². The van der Waals surface area contributed by atoms with E-state index in [1.807, 2.05) is 0 Å². The van der Waals surface area contributed by atoms with E-state index >= 15 is 0 Å². The molecule has 1 aromatic rings. The molecule has 0 fully saturated rings. The Balaban J connectivity index is 2.87. The molecule has 8 heteroatoms. The Kier molecular flexibility index (Phi) is 6.10. The Morgan fingerprint density at radius 2 is 2.16 bits per heavy atom. The average molecular weight is 302 g/mol. The number of aromatic nitrogens is 1. The summed E-state index contributed by atoms with van der Waals surface area (Å²) < 4.78 is 4.19. The molecule has 3 N–H and O–H groups in total. The first-order chi connectivity index (χ1) is 8.97. The van der Waals surface area contributed by atoms with Crippen molar-refractivity contribution in [2.45, 2.75) is 24.8 Å². The molecule has 19 heavy (non-hydrogen) atoms. The van der Waals surface area contributed by atoms with Crippen LogP contribution in [0.4, 0.5) is 9.80 Å². The molecule has 0 aliphatic rings. The molecule has 6 nitrogen and oxygen atoms in total. The highest BCUT2D eigenvalue weighted by molar-refractivity contribution is 7.99. The molecule has 0 aromatic carbocycles. The van der Waals surface area contributed by atoms with Crippen molar-refractivity contribution in [3.63, 3.8) is 0 Å². The zero-order valence-electron chi connectivity index (χ0n) is 11.2. The number of hydrogen-bond donors (Lipinski definition) is 2. The molecule has 106 valence electrons. The van der Waals surface area contributed by atoms with Crippen LogP contribution in [-0.4, -0.2) is 41.1 Å². The molecule has 0 unspecified atom stereocenters. The van der Waals surface area contributed by atoms with E-state index in [4.69, 9.17) is 5.73 Å². The summed E-state index contributed by atoms with van der Waals surface area (Å²) >= 11 is 2.57. The van der Waals surface area contributed by atoms with Gasteiger partial charge in [-0.05, 0) is 23.7 Å². The second-order valence-electron chi connectivity index (χ2n) is 4.08. The number of carbonyl (C=O) groups is 2. The van der Waals surface area contributed by atoms with Crippen molar-refractivity contribution in [1.29, 1.82) is 0 Å². The number of nitrogens with two attached hydrogens (primary N) is 1. The van der Waals surface area contributed by atoms with E-state index in [0.29, 0.717) is 15.6 Å². The Bertz CT molecular complexity index is 460. The molecule has 0 aliphatic carbocycles. The van der Waals surface area contributed by atoms with E-state index in [2.05, 4.69) is 16.6 Å². The quantitative estimate of drug-likeness (QED) is 0.623. The number of nitrogens with one attached hydrogen (secondary N) is 1. The van der Waals surface area contributed by atoms with Crippen molar-refractivity contribution in [3.05, 3.63) is 5.56 Å². The van der Waals surface area contributed by atoms with Gasteiger partial charge in [0.2, 0.25) is 0 Å². The first-order valence-corrected chi connectivity index (χ1v) is 7.63. The molecule has 0 radical (unpaired) electrons. The van der Waals surface area contributed by atoms with Crippen LogP contribution in [0.1, 0.15) is 30.1 Å². The SMILES string of the molecule is CCCCSc1nsc(NC(=O)N(C)C)c1C(N)=O. The van der Waals surface area contributed by atoms with Crippen molar-refractivity contribution in [3.8, 4) is 0 Å². The molecule has 1 aromatic heterocycles. The van der Waals surface area contributed by atoms with Crippen molar-refractivity contribution in [2.24, 2.45) is 5.73 Å². The maximum Gasteiger partial charge on any atom is 0.321 e. The molecule has 0 saturated carbocycles. The number of urea groups is 1. The Labute approximate surface area is 120 Å².